The molecule has 3 N–H and O–H groups in total. The normalized spacial score (nSPS) is 20.8. The van der Waals surface area contributed by atoms with E-state index in [2.05, 4.69) is 16.3 Å². The lowest BCUT2D eigenvalue weighted by Crippen LogP contribution is -2.51. The van der Waals surface area contributed by atoms with Crippen LogP contribution in [0.4, 0.5) is 0 Å². The minimum absolute atomic E-state index is 0.0442. The van der Waals surface area contributed by atoms with Gasteiger partial charge < -0.3 is 15.8 Å². The highest BCUT2D eigenvalue weighted by Gasteiger charge is 2.33. The highest BCUT2D eigenvalue weighted by Crippen LogP contribution is 2.29. The van der Waals surface area contributed by atoms with Crippen molar-refractivity contribution in [2.24, 2.45) is 5.73 Å². The molecule has 2 atom stereocenters. The molecule has 0 bridgehead atoms. The summed E-state index contributed by atoms with van der Waals surface area (Å²) in [4.78, 5) is 14.4. The zero-order valence-electron chi connectivity index (χ0n) is 12.8. The Bertz CT molecular complexity index is 478. The van der Waals surface area contributed by atoms with Crippen molar-refractivity contribution in [1.29, 1.82) is 0 Å². The molecule has 1 saturated heterocycles. The number of amides is 1. The number of hydrogen-bond donors (Lipinski definition) is 2. The molecular formula is C16H25N3O2. The predicted molar refractivity (Wildman–Crippen MR) is 83.2 cm³/mol. The summed E-state index contributed by atoms with van der Waals surface area (Å²) in [6, 6.07) is 7.90. The molecule has 0 spiro atoms. The summed E-state index contributed by atoms with van der Waals surface area (Å²) in [5, 5.41) is 2.77. The minimum Gasteiger partial charge on any atom is -0.497 e. The molecule has 21 heavy (non-hydrogen) atoms. The van der Waals surface area contributed by atoms with Crippen molar-refractivity contribution in [2.45, 2.75) is 31.3 Å². The smallest absolute Gasteiger partial charge is 0.237 e. The zero-order chi connectivity index (χ0) is 15.2. The first-order valence-electron chi connectivity index (χ1n) is 7.52. The second-order valence-electron chi connectivity index (χ2n) is 5.39. The van der Waals surface area contributed by atoms with Crippen LogP contribution in [0, 0.1) is 0 Å². The van der Waals surface area contributed by atoms with Crippen molar-refractivity contribution < 1.29 is 9.53 Å². The van der Waals surface area contributed by atoms with Crippen LogP contribution in [0.5, 0.6) is 5.75 Å². The molecule has 0 aliphatic carbocycles. The first kappa shape index (κ1) is 15.8. The number of benzene rings is 1. The van der Waals surface area contributed by atoms with Crippen LogP contribution in [-0.2, 0) is 4.79 Å². The molecule has 2 unspecified atom stereocenters. The molecule has 1 aliphatic heterocycles. The second kappa shape index (κ2) is 7.43. The summed E-state index contributed by atoms with van der Waals surface area (Å²) in [6.45, 7) is 1.39. The van der Waals surface area contributed by atoms with Crippen LogP contribution < -0.4 is 15.8 Å². The van der Waals surface area contributed by atoms with Gasteiger partial charge in [-0.3, -0.25) is 9.69 Å². The fourth-order valence-electron chi connectivity index (χ4n) is 3.09. The number of nitrogens with one attached hydrogen (secondary N) is 1. The van der Waals surface area contributed by atoms with Crippen LogP contribution in [-0.4, -0.2) is 44.1 Å². The van der Waals surface area contributed by atoms with Gasteiger partial charge in [0.2, 0.25) is 5.91 Å². The van der Waals surface area contributed by atoms with E-state index >= 15 is 0 Å². The summed E-state index contributed by atoms with van der Waals surface area (Å²) >= 11 is 0. The van der Waals surface area contributed by atoms with Crippen molar-refractivity contribution >= 4 is 5.91 Å². The van der Waals surface area contributed by atoms with E-state index in [4.69, 9.17) is 10.5 Å². The molecule has 1 heterocycles. The van der Waals surface area contributed by atoms with Crippen molar-refractivity contribution in [3.8, 4) is 5.75 Å². The number of rotatable bonds is 5. The molecular weight excluding hydrogens is 266 g/mol. The number of likely N-dealkylation sites (N-methyl/N-ethyl adjacent to an activating group) is 1. The van der Waals surface area contributed by atoms with Crippen LogP contribution in [0.2, 0.25) is 0 Å². The lowest BCUT2D eigenvalue weighted by atomic mass is 9.95. The Morgan fingerprint density at radius 3 is 3.00 bits per heavy atom. The molecule has 5 heteroatoms. The van der Waals surface area contributed by atoms with E-state index in [0.717, 1.165) is 37.1 Å². The topological polar surface area (TPSA) is 67.6 Å². The van der Waals surface area contributed by atoms with Crippen molar-refractivity contribution in [3.05, 3.63) is 29.8 Å². The number of carbonyl (C=O) groups is 1. The van der Waals surface area contributed by atoms with Gasteiger partial charge in [0.25, 0.3) is 0 Å². The Balaban J connectivity index is 2.26. The van der Waals surface area contributed by atoms with Gasteiger partial charge in [-0.25, -0.2) is 0 Å². The van der Waals surface area contributed by atoms with Crippen molar-refractivity contribution in [3.63, 3.8) is 0 Å². The molecule has 0 radical (unpaired) electrons. The number of nitrogens with two attached hydrogens (primary N) is 1. The maximum Gasteiger partial charge on any atom is 0.237 e. The molecule has 1 aliphatic rings. The largest absolute Gasteiger partial charge is 0.497 e. The number of hydrogen-bond acceptors (Lipinski definition) is 4. The highest BCUT2D eigenvalue weighted by molar-refractivity contribution is 5.81. The molecule has 1 aromatic carbocycles. The summed E-state index contributed by atoms with van der Waals surface area (Å²) in [5.41, 5.74) is 7.12. The van der Waals surface area contributed by atoms with Gasteiger partial charge in [0.05, 0.1) is 13.2 Å². The zero-order valence-corrected chi connectivity index (χ0v) is 12.8. The molecule has 2 rings (SSSR count). The van der Waals surface area contributed by atoms with Gasteiger partial charge >= 0.3 is 0 Å². The van der Waals surface area contributed by atoms with E-state index in [1.807, 2.05) is 18.2 Å². The molecule has 116 valence electrons. The summed E-state index contributed by atoms with van der Waals surface area (Å²) in [5.74, 6) is 0.899. The second-order valence-corrected chi connectivity index (χ2v) is 5.39. The fourth-order valence-corrected chi connectivity index (χ4v) is 3.09. The Kier molecular flexibility index (Phi) is 5.59. The molecule has 1 fully saturated rings. The van der Waals surface area contributed by atoms with Crippen LogP contribution in [0.3, 0.4) is 0 Å². The molecule has 1 amide bonds. The minimum atomic E-state index is -0.0940. The third-order valence-corrected chi connectivity index (χ3v) is 4.20. The molecule has 5 nitrogen and oxygen atoms in total. The van der Waals surface area contributed by atoms with E-state index in [1.54, 1.807) is 14.2 Å². The van der Waals surface area contributed by atoms with Crippen molar-refractivity contribution in [1.82, 2.24) is 10.2 Å². The van der Waals surface area contributed by atoms with Gasteiger partial charge in [-0.15, -0.1) is 0 Å². The Morgan fingerprint density at radius 1 is 1.52 bits per heavy atom. The number of methoxy groups -OCH3 is 1. The Hall–Kier alpha value is -1.59. The van der Waals surface area contributed by atoms with Gasteiger partial charge in [0, 0.05) is 19.6 Å². The first-order chi connectivity index (χ1) is 10.2. The highest BCUT2D eigenvalue weighted by atomic mass is 16.5. The number of nitrogens with zero attached hydrogens (tertiary/aromatic N) is 1. The quantitative estimate of drug-likeness (QED) is 0.858. The average Bonchev–Trinajstić information content (AvgIpc) is 2.55. The fraction of sp³-hybridized carbons (Fsp3) is 0.562. The first-order valence-corrected chi connectivity index (χ1v) is 7.52. The Labute approximate surface area is 126 Å². The van der Waals surface area contributed by atoms with Crippen LogP contribution in [0.1, 0.15) is 30.9 Å². The molecule has 0 aromatic heterocycles. The SMILES string of the molecule is CNC(=O)C1CCCCN1C(CN)c1cccc(OC)c1. The standard InChI is InChI=1S/C16H25N3O2/c1-18-16(20)14-8-3-4-9-19(14)15(11-17)12-6-5-7-13(10-12)21-2/h5-7,10,14-15H,3-4,8-9,11,17H2,1-2H3,(H,18,20). The van der Waals surface area contributed by atoms with Crippen LogP contribution in [0.25, 0.3) is 0 Å². The van der Waals surface area contributed by atoms with Gasteiger partial charge in [0.15, 0.2) is 0 Å². The third kappa shape index (κ3) is 3.54. The lowest BCUT2D eigenvalue weighted by Gasteiger charge is -2.40. The number of piperidine rings is 1. The van der Waals surface area contributed by atoms with Crippen LogP contribution in [0.15, 0.2) is 24.3 Å². The van der Waals surface area contributed by atoms with E-state index in [9.17, 15) is 4.79 Å². The maximum atomic E-state index is 12.1. The van der Waals surface area contributed by atoms with E-state index < -0.39 is 0 Å². The van der Waals surface area contributed by atoms with Crippen molar-refractivity contribution in [2.75, 3.05) is 27.2 Å². The summed E-state index contributed by atoms with van der Waals surface area (Å²) in [7, 11) is 3.35. The third-order valence-electron chi connectivity index (χ3n) is 4.20. The predicted octanol–water partition coefficient (Wildman–Crippen LogP) is 1.30. The van der Waals surface area contributed by atoms with Gasteiger partial charge in [-0.05, 0) is 37.1 Å². The summed E-state index contributed by atoms with van der Waals surface area (Å²) in [6.07, 6.45) is 3.08. The number of ether oxygens (including phenoxy) is 1. The lowest BCUT2D eigenvalue weighted by molar-refractivity contribution is -0.128. The monoisotopic (exact) mass is 291 g/mol. The number of carbonyl (C=O) groups excluding carboxylic acids is 1. The van der Waals surface area contributed by atoms with Gasteiger partial charge in [0.1, 0.15) is 5.75 Å². The van der Waals surface area contributed by atoms with E-state index in [0.29, 0.717) is 6.54 Å². The molecule has 1 aromatic rings. The van der Waals surface area contributed by atoms with Gasteiger partial charge in [-0.2, -0.15) is 0 Å². The average molecular weight is 291 g/mol. The van der Waals surface area contributed by atoms with Crippen LogP contribution >= 0.6 is 0 Å². The molecule has 0 saturated carbocycles. The van der Waals surface area contributed by atoms with Gasteiger partial charge in [-0.1, -0.05) is 18.6 Å². The Morgan fingerprint density at radius 2 is 2.33 bits per heavy atom. The summed E-state index contributed by atoms with van der Waals surface area (Å²) < 4.78 is 5.29. The van der Waals surface area contributed by atoms with E-state index in [1.165, 1.54) is 0 Å². The number of likely N-dealkylation sites (tertiary alicyclic amines) is 1. The van der Waals surface area contributed by atoms with E-state index in [-0.39, 0.29) is 18.0 Å². The maximum absolute atomic E-state index is 12.1.